The Bertz CT molecular complexity index is 453. The monoisotopic (exact) mass is 239 g/mol. The van der Waals surface area contributed by atoms with Gasteiger partial charge in [0.05, 0.1) is 5.54 Å². The van der Waals surface area contributed by atoms with Crippen LogP contribution in [0.5, 0.6) is 0 Å². The fraction of sp³-hybridized carbons (Fsp3) is 0.462. The van der Waals surface area contributed by atoms with Gasteiger partial charge < -0.3 is 5.73 Å². The van der Waals surface area contributed by atoms with Gasteiger partial charge in [0, 0.05) is 6.42 Å². The van der Waals surface area contributed by atoms with Crippen molar-refractivity contribution in [1.82, 2.24) is 0 Å². The Morgan fingerprint density at radius 1 is 1.41 bits per heavy atom. The molecule has 2 rings (SSSR count). The molecule has 0 saturated heterocycles. The van der Waals surface area contributed by atoms with Crippen LogP contribution >= 0.6 is 0 Å². The number of rotatable bonds is 4. The maximum absolute atomic E-state index is 13.0. The van der Waals surface area contributed by atoms with Gasteiger partial charge in [-0.1, -0.05) is 6.07 Å². The molecular formula is C13H15F2NO. The average molecular weight is 239 g/mol. The Balaban J connectivity index is 2.10. The topological polar surface area (TPSA) is 43.1 Å². The number of carbonyl (C=O) groups excluding carboxylic acids is 1. The van der Waals surface area contributed by atoms with Crippen molar-refractivity contribution in [2.45, 2.75) is 31.7 Å². The minimum atomic E-state index is -0.930. The molecule has 1 unspecified atom stereocenters. The largest absolute Gasteiger partial charge is 0.319 e. The second kappa shape index (κ2) is 4.18. The summed E-state index contributed by atoms with van der Waals surface area (Å²) >= 11 is 0. The number of hydrogen-bond donors (Lipinski definition) is 1. The molecule has 0 spiro atoms. The van der Waals surface area contributed by atoms with Crippen molar-refractivity contribution in [2.75, 3.05) is 0 Å². The zero-order valence-electron chi connectivity index (χ0n) is 9.67. The summed E-state index contributed by atoms with van der Waals surface area (Å²) in [5, 5.41) is 0. The molecule has 1 aromatic carbocycles. The van der Waals surface area contributed by atoms with Gasteiger partial charge in [0.1, 0.15) is 0 Å². The molecule has 1 aliphatic rings. The van der Waals surface area contributed by atoms with Crippen LogP contribution in [0.3, 0.4) is 0 Å². The second-order valence-corrected chi connectivity index (χ2v) is 4.91. The van der Waals surface area contributed by atoms with Crippen molar-refractivity contribution in [2.24, 2.45) is 11.7 Å². The van der Waals surface area contributed by atoms with E-state index in [2.05, 4.69) is 0 Å². The highest BCUT2D eigenvalue weighted by Crippen LogP contribution is 2.38. The molecule has 1 atom stereocenters. The van der Waals surface area contributed by atoms with E-state index in [1.54, 1.807) is 6.92 Å². The third-order valence-electron chi connectivity index (χ3n) is 3.37. The Morgan fingerprint density at radius 3 is 2.59 bits per heavy atom. The molecule has 4 heteroatoms. The quantitative estimate of drug-likeness (QED) is 0.875. The van der Waals surface area contributed by atoms with E-state index in [1.807, 2.05) is 0 Å². The molecule has 0 aliphatic heterocycles. The molecule has 0 heterocycles. The van der Waals surface area contributed by atoms with Gasteiger partial charge >= 0.3 is 0 Å². The molecule has 1 saturated carbocycles. The summed E-state index contributed by atoms with van der Waals surface area (Å²) < 4.78 is 25.7. The summed E-state index contributed by atoms with van der Waals surface area (Å²) in [6.07, 6.45) is 1.99. The van der Waals surface area contributed by atoms with Crippen molar-refractivity contribution in [3.05, 3.63) is 35.4 Å². The highest BCUT2D eigenvalue weighted by molar-refractivity contribution is 5.90. The van der Waals surface area contributed by atoms with E-state index < -0.39 is 17.2 Å². The first-order chi connectivity index (χ1) is 7.91. The second-order valence-electron chi connectivity index (χ2n) is 4.91. The van der Waals surface area contributed by atoms with Crippen LogP contribution in [0.2, 0.25) is 0 Å². The van der Waals surface area contributed by atoms with Crippen molar-refractivity contribution in [3.63, 3.8) is 0 Å². The Labute approximate surface area is 98.8 Å². The third kappa shape index (κ3) is 2.52. The number of carbonyl (C=O) groups is 1. The highest BCUT2D eigenvalue weighted by Gasteiger charge is 2.43. The SMILES string of the molecule is CC(N)(C(=O)Cc1ccc(F)c(F)c1)C1CC1. The fourth-order valence-corrected chi connectivity index (χ4v) is 1.94. The van der Waals surface area contributed by atoms with E-state index >= 15 is 0 Å². The lowest BCUT2D eigenvalue weighted by molar-refractivity contribution is -0.123. The summed E-state index contributed by atoms with van der Waals surface area (Å²) in [4.78, 5) is 12.0. The normalized spacial score (nSPS) is 18.8. The lowest BCUT2D eigenvalue weighted by Gasteiger charge is -2.22. The predicted octanol–water partition coefficient (Wildman–Crippen LogP) is 2.20. The van der Waals surface area contributed by atoms with E-state index in [9.17, 15) is 13.6 Å². The summed E-state index contributed by atoms with van der Waals surface area (Å²) in [5.74, 6) is -1.72. The zero-order chi connectivity index (χ0) is 12.6. The molecule has 0 aromatic heterocycles. The number of Topliss-reactive ketones (excluding diaryl/α,β-unsaturated/α-hetero) is 1. The first kappa shape index (κ1) is 12.2. The van der Waals surface area contributed by atoms with Gasteiger partial charge in [-0.15, -0.1) is 0 Å². The van der Waals surface area contributed by atoms with E-state index in [0.29, 0.717) is 5.56 Å². The molecule has 1 aliphatic carbocycles. The van der Waals surface area contributed by atoms with Gasteiger partial charge in [-0.3, -0.25) is 4.79 Å². The van der Waals surface area contributed by atoms with Crippen LogP contribution in [0, 0.1) is 17.6 Å². The molecular weight excluding hydrogens is 224 g/mol. The van der Waals surface area contributed by atoms with Crippen molar-refractivity contribution >= 4 is 5.78 Å². The van der Waals surface area contributed by atoms with E-state index in [4.69, 9.17) is 5.73 Å². The summed E-state index contributed by atoms with van der Waals surface area (Å²) in [6, 6.07) is 3.50. The maximum Gasteiger partial charge on any atom is 0.159 e. The third-order valence-corrected chi connectivity index (χ3v) is 3.37. The molecule has 17 heavy (non-hydrogen) atoms. The number of nitrogens with two attached hydrogens (primary N) is 1. The minimum absolute atomic E-state index is 0.0562. The molecule has 92 valence electrons. The van der Waals surface area contributed by atoms with Crippen LogP contribution in [0.25, 0.3) is 0 Å². The van der Waals surface area contributed by atoms with Gasteiger partial charge in [0.15, 0.2) is 17.4 Å². The molecule has 1 fully saturated rings. The molecule has 0 bridgehead atoms. The zero-order valence-corrected chi connectivity index (χ0v) is 9.67. The van der Waals surface area contributed by atoms with Gasteiger partial charge in [0.2, 0.25) is 0 Å². The van der Waals surface area contributed by atoms with E-state index in [-0.39, 0.29) is 18.1 Å². The van der Waals surface area contributed by atoms with Crippen LogP contribution in [0.1, 0.15) is 25.3 Å². The average Bonchev–Trinajstić information content (AvgIpc) is 3.07. The Morgan fingerprint density at radius 2 is 2.06 bits per heavy atom. The van der Waals surface area contributed by atoms with Gasteiger partial charge in [0.25, 0.3) is 0 Å². The lowest BCUT2D eigenvalue weighted by Crippen LogP contribution is -2.47. The minimum Gasteiger partial charge on any atom is -0.319 e. The van der Waals surface area contributed by atoms with Gasteiger partial charge in [-0.2, -0.15) is 0 Å². The summed E-state index contributed by atoms with van der Waals surface area (Å²) in [7, 11) is 0. The van der Waals surface area contributed by atoms with Crippen molar-refractivity contribution in [1.29, 1.82) is 0 Å². The molecule has 2 nitrogen and oxygen atoms in total. The van der Waals surface area contributed by atoms with Crippen LogP contribution in [-0.2, 0) is 11.2 Å². The smallest absolute Gasteiger partial charge is 0.159 e. The molecule has 0 radical (unpaired) electrons. The number of hydrogen-bond acceptors (Lipinski definition) is 2. The number of halogens is 2. The summed E-state index contributed by atoms with van der Waals surface area (Å²) in [6.45, 7) is 1.72. The van der Waals surface area contributed by atoms with Gasteiger partial charge in [-0.05, 0) is 43.4 Å². The first-order valence-corrected chi connectivity index (χ1v) is 5.67. The Hall–Kier alpha value is -1.29. The van der Waals surface area contributed by atoms with Crippen LogP contribution in [0.4, 0.5) is 8.78 Å². The van der Waals surface area contributed by atoms with Crippen molar-refractivity contribution < 1.29 is 13.6 Å². The number of ketones is 1. The standard InChI is InChI=1S/C13H15F2NO/c1-13(16,9-3-4-9)12(17)7-8-2-5-10(14)11(15)6-8/h2,5-6,9H,3-4,7,16H2,1H3. The predicted molar refractivity (Wildman–Crippen MR) is 60.4 cm³/mol. The van der Waals surface area contributed by atoms with Crippen LogP contribution < -0.4 is 5.73 Å². The highest BCUT2D eigenvalue weighted by atomic mass is 19.2. The summed E-state index contributed by atoms with van der Waals surface area (Å²) in [5.41, 5.74) is 5.59. The van der Waals surface area contributed by atoms with E-state index in [0.717, 1.165) is 25.0 Å². The first-order valence-electron chi connectivity index (χ1n) is 5.67. The molecule has 1 aromatic rings. The van der Waals surface area contributed by atoms with E-state index in [1.165, 1.54) is 6.07 Å². The fourth-order valence-electron chi connectivity index (χ4n) is 1.94. The van der Waals surface area contributed by atoms with Crippen LogP contribution in [-0.4, -0.2) is 11.3 Å². The molecule has 0 amide bonds. The van der Waals surface area contributed by atoms with Gasteiger partial charge in [-0.25, -0.2) is 8.78 Å². The maximum atomic E-state index is 13.0. The molecule has 2 N–H and O–H groups in total. The number of benzene rings is 1. The lowest BCUT2D eigenvalue weighted by atomic mass is 9.88. The van der Waals surface area contributed by atoms with Crippen LogP contribution in [0.15, 0.2) is 18.2 Å². The Kier molecular flexibility index (Phi) is 3.00. The van der Waals surface area contributed by atoms with Crippen molar-refractivity contribution in [3.8, 4) is 0 Å².